The van der Waals surface area contributed by atoms with Gasteiger partial charge in [-0.25, -0.2) is 4.79 Å². The molecule has 1 aliphatic heterocycles. The standard InChI is InChI=1S/C10H21N3O2/c1-3-12(4-2)10(14)13-5-6-15-9(7-11)8-13/h9H,3-8,11H2,1-2H3. The lowest BCUT2D eigenvalue weighted by molar-refractivity contribution is -0.0136. The number of carbonyl (C=O) groups excluding carboxylic acids is 1. The van der Waals surface area contributed by atoms with E-state index in [0.717, 1.165) is 13.1 Å². The molecule has 15 heavy (non-hydrogen) atoms. The van der Waals surface area contributed by atoms with Gasteiger partial charge < -0.3 is 20.3 Å². The molecule has 2 N–H and O–H groups in total. The van der Waals surface area contributed by atoms with Crippen LogP contribution in [0.1, 0.15) is 13.8 Å². The molecule has 1 unspecified atom stereocenters. The SMILES string of the molecule is CCN(CC)C(=O)N1CCOC(CN)C1. The first-order valence-electron chi connectivity index (χ1n) is 5.58. The molecule has 1 fully saturated rings. The zero-order valence-corrected chi connectivity index (χ0v) is 9.61. The average Bonchev–Trinajstić information content (AvgIpc) is 2.30. The molecule has 1 aliphatic rings. The van der Waals surface area contributed by atoms with E-state index in [2.05, 4.69) is 0 Å². The number of hydrogen-bond donors (Lipinski definition) is 1. The van der Waals surface area contributed by atoms with Crippen molar-refractivity contribution in [3.63, 3.8) is 0 Å². The first-order chi connectivity index (χ1) is 7.22. The minimum Gasteiger partial charge on any atom is -0.373 e. The molecule has 5 heteroatoms. The van der Waals surface area contributed by atoms with Crippen molar-refractivity contribution >= 4 is 6.03 Å². The summed E-state index contributed by atoms with van der Waals surface area (Å²) in [4.78, 5) is 15.6. The topological polar surface area (TPSA) is 58.8 Å². The highest BCUT2D eigenvalue weighted by Gasteiger charge is 2.25. The van der Waals surface area contributed by atoms with Crippen LogP contribution in [0, 0.1) is 0 Å². The number of ether oxygens (including phenoxy) is 1. The van der Waals surface area contributed by atoms with E-state index in [4.69, 9.17) is 10.5 Å². The van der Waals surface area contributed by atoms with Gasteiger partial charge in [-0.05, 0) is 13.8 Å². The fourth-order valence-electron chi connectivity index (χ4n) is 1.73. The third kappa shape index (κ3) is 3.07. The molecule has 1 saturated heterocycles. The van der Waals surface area contributed by atoms with E-state index in [1.807, 2.05) is 23.6 Å². The lowest BCUT2D eigenvalue weighted by Gasteiger charge is -2.35. The molecular weight excluding hydrogens is 194 g/mol. The van der Waals surface area contributed by atoms with E-state index in [0.29, 0.717) is 26.2 Å². The third-order valence-corrected chi connectivity index (χ3v) is 2.71. The highest BCUT2D eigenvalue weighted by molar-refractivity contribution is 5.74. The van der Waals surface area contributed by atoms with Crippen LogP contribution in [0.3, 0.4) is 0 Å². The van der Waals surface area contributed by atoms with Gasteiger partial charge in [0, 0.05) is 32.7 Å². The van der Waals surface area contributed by atoms with Crippen molar-refractivity contribution in [1.82, 2.24) is 9.80 Å². The van der Waals surface area contributed by atoms with Crippen molar-refractivity contribution in [3.05, 3.63) is 0 Å². The van der Waals surface area contributed by atoms with Crippen molar-refractivity contribution in [2.75, 3.05) is 39.3 Å². The van der Waals surface area contributed by atoms with Gasteiger partial charge in [0.1, 0.15) is 0 Å². The van der Waals surface area contributed by atoms with Crippen molar-refractivity contribution in [3.8, 4) is 0 Å². The van der Waals surface area contributed by atoms with Crippen molar-refractivity contribution in [2.24, 2.45) is 5.73 Å². The summed E-state index contributed by atoms with van der Waals surface area (Å²) in [5.74, 6) is 0. The van der Waals surface area contributed by atoms with Crippen molar-refractivity contribution < 1.29 is 9.53 Å². The van der Waals surface area contributed by atoms with Crippen LogP contribution in [0.15, 0.2) is 0 Å². The minimum absolute atomic E-state index is 0.00161. The third-order valence-electron chi connectivity index (χ3n) is 2.71. The first-order valence-corrected chi connectivity index (χ1v) is 5.58. The zero-order chi connectivity index (χ0) is 11.3. The summed E-state index contributed by atoms with van der Waals surface area (Å²) in [6.07, 6.45) is -0.00161. The normalized spacial score (nSPS) is 21.5. The van der Waals surface area contributed by atoms with E-state index < -0.39 is 0 Å². The van der Waals surface area contributed by atoms with Crippen LogP contribution >= 0.6 is 0 Å². The van der Waals surface area contributed by atoms with E-state index in [9.17, 15) is 4.79 Å². The molecule has 0 saturated carbocycles. The van der Waals surface area contributed by atoms with Crippen LogP contribution in [0.5, 0.6) is 0 Å². The number of nitrogens with zero attached hydrogens (tertiary/aromatic N) is 2. The predicted molar refractivity (Wildman–Crippen MR) is 58.7 cm³/mol. The fourth-order valence-corrected chi connectivity index (χ4v) is 1.73. The zero-order valence-electron chi connectivity index (χ0n) is 9.61. The van der Waals surface area contributed by atoms with Crippen LogP contribution in [-0.2, 0) is 4.74 Å². The van der Waals surface area contributed by atoms with Crippen LogP contribution in [0.25, 0.3) is 0 Å². The quantitative estimate of drug-likeness (QED) is 0.727. The largest absolute Gasteiger partial charge is 0.373 e. The number of nitrogens with two attached hydrogens (primary N) is 1. The number of rotatable bonds is 3. The molecule has 1 heterocycles. The molecule has 1 rings (SSSR count). The van der Waals surface area contributed by atoms with Crippen LogP contribution in [0.2, 0.25) is 0 Å². The fraction of sp³-hybridized carbons (Fsp3) is 0.900. The highest BCUT2D eigenvalue weighted by atomic mass is 16.5. The Bertz CT molecular complexity index is 207. The van der Waals surface area contributed by atoms with Gasteiger partial charge in [-0.2, -0.15) is 0 Å². The van der Waals surface area contributed by atoms with Gasteiger partial charge in [0.15, 0.2) is 0 Å². The molecule has 0 aromatic heterocycles. The van der Waals surface area contributed by atoms with E-state index in [1.165, 1.54) is 0 Å². The van der Waals surface area contributed by atoms with Gasteiger partial charge in [-0.3, -0.25) is 0 Å². The van der Waals surface area contributed by atoms with E-state index in [-0.39, 0.29) is 12.1 Å². The second kappa shape index (κ2) is 5.92. The summed E-state index contributed by atoms with van der Waals surface area (Å²) in [6, 6.07) is 0.0988. The van der Waals surface area contributed by atoms with Gasteiger partial charge in [0.05, 0.1) is 12.7 Å². The number of morpholine rings is 1. The molecule has 0 radical (unpaired) electrons. The average molecular weight is 215 g/mol. The summed E-state index contributed by atoms with van der Waals surface area (Å²) in [5, 5.41) is 0. The lowest BCUT2D eigenvalue weighted by Crippen LogP contribution is -2.52. The Morgan fingerprint density at radius 2 is 2.20 bits per heavy atom. The molecule has 88 valence electrons. The summed E-state index contributed by atoms with van der Waals surface area (Å²) >= 11 is 0. The lowest BCUT2D eigenvalue weighted by atomic mass is 10.3. The van der Waals surface area contributed by atoms with E-state index in [1.54, 1.807) is 0 Å². The van der Waals surface area contributed by atoms with Crippen molar-refractivity contribution in [2.45, 2.75) is 20.0 Å². The Hall–Kier alpha value is -0.810. The maximum absolute atomic E-state index is 12.0. The molecular formula is C10H21N3O2. The summed E-state index contributed by atoms with van der Waals surface area (Å²) < 4.78 is 5.42. The molecule has 0 spiro atoms. The van der Waals surface area contributed by atoms with Gasteiger partial charge in [0.25, 0.3) is 0 Å². The second-order valence-electron chi connectivity index (χ2n) is 3.63. The van der Waals surface area contributed by atoms with Gasteiger partial charge in [-0.1, -0.05) is 0 Å². The molecule has 0 aromatic carbocycles. The van der Waals surface area contributed by atoms with Crippen LogP contribution < -0.4 is 5.73 Å². The Kier molecular flexibility index (Phi) is 4.84. The molecule has 0 aromatic rings. The van der Waals surface area contributed by atoms with E-state index >= 15 is 0 Å². The van der Waals surface area contributed by atoms with Crippen LogP contribution in [0.4, 0.5) is 4.79 Å². The maximum atomic E-state index is 12.0. The molecule has 0 bridgehead atoms. The summed E-state index contributed by atoms with van der Waals surface area (Å²) in [5.41, 5.74) is 5.53. The predicted octanol–water partition coefficient (Wildman–Crippen LogP) is 0.108. The smallest absolute Gasteiger partial charge is 0.320 e. The number of carbonyl (C=O) groups is 1. The summed E-state index contributed by atoms with van der Waals surface area (Å²) in [7, 11) is 0. The van der Waals surface area contributed by atoms with Gasteiger partial charge in [-0.15, -0.1) is 0 Å². The Morgan fingerprint density at radius 1 is 1.53 bits per heavy atom. The Balaban J connectivity index is 2.51. The maximum Gasteiger partial charge on any atom is 0.320 e. The number of hydrogen-bond acceptors (Lipinski definition) is 3. The minimum atomic E-state index is -0.00161. The Labute approximate surface area is 91.2 Å². The number of urea groups is 1. The molecule has 2 amide bonds. The number of amides is 2. The van der Waals surface area contributed by atoms with Gasteiger partial charge in [0.2, 0.25) is 0 Å². The van der Waals surface area contributed by atoms with Crippen LogP contribution in [-0.4, -0.2) is 61.3 Å². The first kappa shape index (κ1) is 12.3. The second-order valence-corrected chi connectivity index (χ2v) is 3.63. The Morgan fingerprint density at radius 3 is 2.73 bits per heavy atom. The van der Waals surface area contributed by atoms with Gasteiger partial charge >= 0.3 is 6.03 Å². The van der Waals surface area contributed by atoms with Crippen molar-refractivity contribution in [1.29, 1.82) is 0 Å². The summed E-state index contributed by atoms with van der Waals surface area (Å²) in [6.45, 7) is 7.83. The molecule has 0 aliphatic carbocycles. The monoisotopic (exact) mass is 215 g/mol. The molecule has 1 atom stereocenters. The highest BCUT2D eigenvalue weighted by Crippen LogP contribution is 2.07. The molecule has 5 nitrogen and oxygen atoms in total.